The molecule has 13 heavy (non-hydrogen) atoms. The van der Waals surface area contributed by atoms with Crippen LogP contribution in [0.25, 0.3) is 0 Å². The average molecular weight is 183 g/mol. The number of amides is 1. The Bertz CT molecular complexity index is 279. The van der Waals surface area contributed by atoms with Crippen molar-refractivity contribution in [1.82, 2.24) is 0 Å². The molecule has 1 aromatic rings. The second-order valence-corrected chi connectivity index (χ2v) is 2.01. The van der Waals surface area contributed by atoms with E-state index in [0.29, 0.717) is 5.56 Å². The van der Waals surface area contributed by atoms with Crippen LogP contribution in [0.2, 0.25) is 0 Å². The van der Waals surface area contributed by atoms with E-state index in [1.807, 2.05) is 6.07 Å². The summed E-state index contributed by atoms with van der Waals surface area (Å²) in [5.74, 6) is -0.379. The minimum atomic E-state index is -1.83. The summed E-state index contributed by atoms with van der Waals surface area (Å²) in [7, 11) is 0. The number of carbonyl (C=O) groups excluding carboxylic acids is 1. The molecule has 0 aliphatic heterocycles. The number of carboxylic acid groups (broad SMARTS) is 2. The lowest BCUT2D eigenvalue weighted by molar-refractivity contribution is 0.1000. The number of rotatable bonds is 1. The molecule has 0 heterocycles. The van der Waals surface area contributed by atoms with Gasteiger partial charge in [-0.05, 0) is 12.1 Å². The predicted molar refractivity (Wildman–Crippen MR) is 45.6 cm³/mol. The van der Waals surface area contributed by atoms with Crippen molar-refractivity contribution < 1.29 is 19.8 Å². The van der Waals surface area contributed by atoms with E-state index in [0.717, 1.165) is 0 Å². The standard InChI is InChI=1S/C7H7NO.CH2O3/c8-7(9)6-4-2-1-3-5-6;2-1(3)4/h1-5H,(H2,8,9);(H2,2,3,4). The molecule has 0 aromatic heterocycles. The van der Waals surface area contributed by atoms with Crippen LogP contribution < -0.4 is 5.73 Å². The third-order valence-corrected chi connectivity index (χ3v) is 1.06. The van der Waals surface area contributed by atoms with E-state index in [4.69, 9.17) is 20.7 Å². The Morgan fingerprint density at radius 2 is 1.46 bits per heavy atom. The van der Waals surface area contributed by atoms with Crippen LogP contribution in [0, 0.1) is 0 Å². The van der Waals surface area contributed by atoms with E-state index in [2.05, 4.69) is 0 Å². The van der Waals surface area contributed by atoms with E-state index >= 15 is 0 Å². The van der Waals surface area contributed by atoms with Gasteiger partial charge in [0.05, 0.1) is 0 Å². The normalized spacial score (nSPS) is 8.00. The molecular weight excluding hydrogens is 174 g/mol. The fraction of sp³-hybridized carbons (Fsp3) is 0. The van der Waals surface area contributed by atoms with Crippen molar-refractivity contribution in [1.29, 1.82) is 0 Å². The molecule has 70 valence electrons. The van der Waals surface area contributed by atoms with E-state index in [9.17, 15) is 4.79 Å². The van der Waals surface area contributed by atoms with Gasteiger partial charge in [0.1, 0.15) is 0 Å². The minimum Gasteiger partial charge on any atom is -0.450 e. The number of hydrogen-bond acceptors (Lipinski definition) is 2. The zero-order valence-corrected chi connectivity index (χ0v) is 6.68. The van der Waals surface area contributed by atoms with Gasteiger partial charge in [0.2, 0.25) is 5.91 Å². The smallest absolute Gasteiger partial charge is 0.450 e. The summed E-state index contributed by atoms with van der Waals surface area (Å²) in [5, 5.41) is 13.9. The number of carbonyl (C=O) groups is 2. The molecule has 0 fully saturated rings. The van der Waals surface area contributed by atoms with Gasteiger partial charge in [0, 0.05) is 5.56 Å². The predicted octanol–water partition coefficient (Wildman–Crippen LogP) is 1.01. The fourth-order valence-electron chi connectivity index (χ4n) is 0.602. The van der Waals surface area contributed by atoms with E-state index in [-0.39, 0.29) is 5.91 Å². The van der Waals surface area contributed by atoms with Crippen LogP contribution in [-0.2, 0) is 0 Å². The molecule has 0 unspecified atom stereocenters. The molecule has 0 saturated carbocycles. The lowest BCUT2D eigenvalue weighted by Crippen LogP contribution is -2.09. The fourth-order valence-corrected chi connectivity index (χ4v) is 0.602. The molecule has 0 saturated heterocycles. The van der Waals surface area contributed by atoms with Gasteiger partial charge in [-0.15, -0.1) is 0 Å². The van der Waals surface area contributed by atoms with Gasteiger partial charge in [0.15, 0.2) is 0 Å². The van der Waals surface area contributed by atoms with Gasteiger partial charge in [-0.2, -0.15) is 0 Å². The number of benzene rings is 1. The third-order valence-electron chi connectivity index (χ3n) is 1.06. The SMILES string of the molecule is NC(=O)c1ccccc1.O=C(O)O. The summed E-state index contributed by atoms with van der Waals surface area (Å²) in [4.78, 5) is 19.0. The molecule has 0 aliphatic rings. The highest BCUT2D eigenvalue weighted by Gasteiger charge is 1.93. The number of primary amides is 1. The quantitative estimate of drug-likeness (QED) is 0.604. The molecule has 0 radical (unpaired) electrons. The summed E-state index contributed by atoms with van der Waals surface area (Å²) in [6.07, 6.45) is -1.83. The molecule has 5 heteroatoms. The first-order chi connectivity index (χ1) is 6.04. The topological polar surface area (TPSA) is 101 Å². The van der Waals surface area contributed by atoms with Crippen molar-refractivity contribution in [2.75, 3.05) is 0 Å². The lowest BCUT2D eigenvalue weighted by Gasteiger charge is -1.89. The van der Waals surface area contributed by atoms with Crippen molar-refractivity contribution in [3.8, 4) is 0 Å². The molecule has 1 aromatic carbocycles. The van der Waals surface area contributed by atoms with Crippen LogP contribution in [-0.4, -0.2) is 22.3 Å². The van der Waals surface area contributed by atoms with Crippen LogP contribution in [0.15, 0.2) is 30.3 Å². The third kappa shape index (κ3) is 6.36. The van der Waals surface area contributed by atoms with Crippen LogP contribution >= 0.6 is 0 Å². The largest absolute Gasteiger partial charge is 0.503 e. The van der Waals surface area contributed by atoms with Gasteiger partial charge >= 0.3 is 6.16 Å². The monoisotopic (exact) mass is 183 g/mol. The highest BCUT2D eigenvalue weighted by molar-refractivity contribution is 5.92. The maximum absolute atomic E-state index is 10.4. The van der Waals surface area contributed by atoms with E-state index < -0.39 is 6.16 Å². The van der Waals surface area contributed by atoms with Crippen molar-refractivity contribution in [3.05, 3.63) is 35.9 Å². The van der Waals surface area contributed by atoms with Crippen molar-refractivity contribution in [3.63, 3.8) is 0 Å². The molecule has 0 spiro atoms. The number of nitrogens with two attached hydrogens (primary N) is 1. The Hall–Kier alpha value is -2.04. The maximum Gasteiger partial charge on any atom is 0.503 e. The van der Waals surface area contributed by atoms with Gasteiger partial charge in [-0.1, -0.05) is 18.2 Å². The van der Waals surface area contributed by atoms with Crippen LogP contribution in [0.1, 0.15) is 10.4 Å². The Morgan fingerprint density at radius 3 is 1.69 bits per heavy atom. The van der Waals surface area contributed by atoms with Gasteiger partial charge in [-0.3, -0.25) is 4.79 Å². The van der Waals surface area contributed by atoms with Gasteiger partial charge in [0.25, 0.3) is 0 Å². The van der Waals surface area contributed by atoms with Crippen molar-refractivity contribution in [2.45, 2.75) is 0 Å². The first kappa shape index (κ1) is 11.0. The van der Waals surface area contributed by atoms with Gasteiger partial charge in [-0.25, -0.2) is 4.79 Å². The average Bonchev–Trinajstić information content (AvgIpc) is 2.05. The molecular formula is C8H9NO4. The van der Waals surface area contributed by atoms with Crippen LogP contribution in [0.3, 0.4) is 0 Å². The molecule has 0 atom stereocenters. The van der Waals surface area contributed by atoms with Crippen LogP contribution in [0.5, 0.6) is 0 Å². The Balaban J connectivity index is 0.000000310. The van der Waals surface area contributed by atoms with Gasteiger partial charge < -0.3 is 15.9 Å². The Morgan fingerprint density at radius 1 is 1.08 bits per heavy atom. The molecule has 1 amide bonds. The molecule has 0 bridgehead atoms. The van der Waals surface area contributed by atoms with Crippen molar-refractivity contribution in [2.24, 2.45) is 5.73 Å². The molecule has 0 aliphatic carbocycles. The molecule has 5 nitrogen and oxygen atoms in total. The summed E-state index contributed by atoms with van der Waals surface area (Å²) in [6.45, 7) is 0. The second-order valence-electron chi connectivity index (χ2n) is 2.01. The summed E-state index contributed by atoms with van der Waals surface area (Å²) < 4.78 is 0. The minimum absolute atomic E-state index is 0.379. The van der Waals surface area contributed by atoms with Crippen LogP contribution in [0.4, 0.5) is 4.79 Å². The summed E-state index contributed by atoms with van der Waals surface area (Å²) in [6, 6.07) is 8.76. The van der Waals surface area contributed by atoms with E-state index in [1.165, 1.54) is 0 Å². The lowest BCUT2D eigenvalue weighted by atomic mass is 10.2. The highest BCUT2D eigenvalue weighted by atomic mass is 16.6. The zero-order chi connectivity index (χ0) is 10.3. The Kier molecular flexibility index (Phi) is 4.71. The maximum atomic E-state index is 10.4. The zero-order valence-electron chi connectivity index (χ0n) is 6.68. The first-order valence-electron chi connectivity index (χ1n) is 3.30. The first-order valence-corrected chi connectivity index (χ1v) is 3.30. The number of hydrogen-bond donors (Lipinski definition) is 3. The summed E-state index contributed by atoms with van der Waals surface area (Å²) in [5.41, 5.74) is 5.53. The highest BCUT2D eigenvalue weighted by Crippen LogP contribution is 1.94. The second kappa shape index (κ2) is 5.59. The van der Waals surface area contributed by atoms with Crippen molar-refractivity contribution >= 4 is 12.1 Å². The van der Waals surface area contributed by atoms with E-state index in [1.54, 1.807) is 24.3 Å². The Labute approximate surface area is 74.4 Å². The molecule has 4 N–H and O–H groups in total. The molecule has 1 rings (SSSR count). The summed E-state index contributed by atoms with van der Waals surface area (Å²) >= 11 is 0.